The molecule has 86 valence electrons. The maximum atomic E-state index is 6.38. The Hall–Kier alpha value is -0.250. The van der Waals surface area contributed by atoms with Crippen LogP contribution in [0, 0.1) is 6.92 Å². The molecule has 0 aliphatic heterocycles. The van der Waals surface area contributed by atoms with Crippen molar-refractivity contribution in [2.45, 2.75) is 25.6 Å². The third-order valence-corrected chi connectivity index (χ3v) is 5.19. The maximum absolute atomic E-state index is 6.38. The molecule has 0 amide bonds. The van der Waals surface area contributed by atoms with Gasteiger partial charge in [0.1, 0.15) is 16.9 Å². The Labute approximate surface area is 113 Å². The third-order valence-electron chi connectivity index (χ3n) is 2.41. The van der Waals surface area contributed by atoms with Gasteiger partial charge in [-0.2, -0.15) is 0 Å². The number of thiophene rings is 1. The molecule has 1 atom stereocenters. The van der Waals surface area contributed by atoms with Crippen molar-refractivity contribution < 1.29 is 4.42 Å². The van der Waals surface area contributed by atoms with Gasteiger partial charge in [0, 0.05) is 20.6 Å². The summed E-state index contributed by atoms with van der Waals surface area (Å²) in [6.07, 6.45) is 0.900. The zero-order valence-corrected chi connectivity index (χ0v) is 12.2. The molecule has 2 aromatic rings. The molecular weight excluding hydrogens is 308 g/mol. The number of halogens is 2. The molecule has 0 radical (unpaired) electrons. The molecule has 0 spiro atoms. The molecule has 4 heteroatoms. The molecule has 16 heavy (non-hydrogen) atoms. The molecule has 1 nitrogen and oxygen atoms in total. The van der Waals surface area contributed by atoms with Crippen molar-refractivity contribution in [3.63, 3.8) is 0 Å². The molecule has 0 N–H and O–H groups in total. The first-order chi connectivity index (χ1) is 7.61. The average Bonchev–Trinajstić information content (AvgIpc) is 2.86. The number of alkyl halides is 1. The van der Waals surface area contributed by atoms with Gasteiger partial charge in [-0.3, -0.25) is 0 Å². The quantitative estimate of drug-likeness (QED) is 0.699. The van der Waals surface area contributed by atoms with Gasteiger partial charge < -0.3 is 4.42 Å². The monoisotopic (exact) mass is 318 g/mol. The van der Waals surface area contributed by atoms with Crippen molar-refractivity contribution >= 4 is 38.9 Å². The number of furan rings is 1. The van der Waals surface area contributed by atoms with Gasteiger partial charge in [-0.1, -0.05) is 6.92 Å². The fraction of sp³-hybridized carbons (Fsp3) is 0.333. The molecule has 0 bridgehead atoms. The van der Waals surface area contributed by atoms with Crippen LogP contribution >= 0.6 is 38.9 Å². The zero-order chi connectivity index (χ0) is 11.7. The summed E-state index contributed by atoms with van der Waals surface area (Å²) in [7, 11) is 0. The van der Waals surface area contributed by atoms with Crippen molar-refractivity contribution in [1.29, 1.82) is 0 Å². The summed E-state index contributed by atoms with van der Waals surface area (Å²) >= 11 is 11.6. The standard InChI is InChI=1S/C12H12BrClOS/c1-3-8-4-5-10(15-8)12(14)11-6-9(13)7(2)16-11/h4-6,12H,3H2,1-2H3. The molecule has 0 fully saturated rings. The molecule has 0 aliphatic rings. The second kappa shape index (κ2) is 4.94. The minimum atomic E-state index is -0.185. The maximum Gasteiger partial charge on any atom is 0.127 e. The topological polar surface area (TPSA) is 13.1 Å². The Morgan fingerprint density at radius 3 is 2.75 bits per heavy atom. The van der Waals surface area contributed by atoms with Gasteiger partial charge in [-0.25, -0.2) is 0 Å². The summed E-state index contributed by atoms with van der Waals surface area (Å²) in [5.41, 5.74) is 0. The van der Waals surface area contributed by atoms with Crippen molar-refractivity contribution in [3.8, 4) is 0 Å². The number of hydrogen-bond acceptors (Lipinski definition) is 2. The number of aryl methyl sites for hydroxylation is 2. The summed E-state index contributed by atoms with van der Waals surface area (Å²) in [4.78, 5) is 2.35. The van der Waals surface area contributed by atoms with E-state index in [0.717, 1.165) is 27.3 Å². The second-order valence-corrected chi connectivity index (χ2v) is 6.15. The van der Waals surface area contributed by atoms with Gasteiger partial charge >= 0.3 is 0 Å². The van der Waals surface area contributed by atoms with E-state index in [2.05, 4.69) is 35.8 Å². The minimum Gasteiger partial charge on any atom is -0.464 e. The fourth-order valence-electron chi connectivity index (χ4n) is 1.47. The Morgan fingerprint density at radius 1 is 1.50 bits per heavy atom. The van der Waals surface area contributed by atoms with Crippen LogP contribution in [0.1, 0.15) is 33.6 Å². The van der Waals surface area contributed by atoms with Crippen LogP contribution in [0.15, 0.2) is 27.1 Å². The molecule has 1 unspecified atom stereocenters. The Balaban J connectivity index is 2.27. The Bertz CT molecular complexity index is 469. The molecule has 2 heterocycles. The van der Waals surface area contributed by atoms with E-state index in [0.29, 0.717) is 0 Å². The first-order valence-corrected chi connectivity index (χ1v) is 7.15. The van der Waals surface area contributed by atoms with Crippen molar-refractivity contribution in [1.82, 2.24) is 0 Å². The minimum absolute atomic E-state index is 0.185. The highest BCUT2D eigenvalue weighted by Gasteiger charge is 2.18. The van der Waals surface area contributed by atoms with E-state index in [1.807, 2.05) is 12.1 Å². The predicted molar refractivity (Wildman–Crippen MR) is 72.5 cm³/mol. The largest absolute Gasteiger partial charge is 0.464 e. The van der Waals surface area contributed by atoms with Crippen LogP contribution in [0.25, 0.3) is 0 Å². The van der Waals surface area contributed by atoms with Gasteiger partial charge in [0.05, 0.1) is 0 Å². The summed E-state index contributed by atoms with van der Waals surface area (Å²) in [5, 5.41) is -0.185. The lowest BCUT2D eigenvalue weighted by atomic mass is 10.2. The van der Waals surface area contributed by atoms with Crippen LogP contribution in [0.5, 0.6) is 0 Å². The fourth-order valence-corrected chi connectivity index (χ4v) is 3.33. The average molecular weight is 320 g/mol. The summed E-state index contributed by atoms with van der Waals surface area (Å²) in [6, 6.07) is 6.01. The van der Waals surface area contributed by atoms with E-state index in [-0.39, 0.29) is 5.38 Å². The molecule has 0 saturated carbocycles. The van der Waals surface area contributed by atoms with Gasteiger partial charge in [0.25, 0.3) is 0 Å². The van der Waals surface area contributed by atoms with Gasteiger partial charge in [0.15, 0.2) is 0 Å². The molecule has 0 saturated heterocycles. The van der Waals surface area contributed by atoms with Crippen molar-refractivity contribution in [2.75, 3.05) is 0 Å². The first-order valence-electron chi connectivity index (χ1n) is 5.10. The third kappa shape index (κ3) is 2.36. The van der Waals surface area contributed by atoms with E-state index >= 15 is 0 Å². The van der Waals surface area contributed by atoms with Crippen LogP contribution in [0.4, 0.5) is 0 Å². The molecule has 2 aromatic heterocycles. The highest BCUT2D eigenvalue weighted by Crippen LogP contribution is 2.37. The first kappa shape index (κ1) is 12.2. The van der Waals surface area contributed by atoms with Crippen LogP contribution in [0.2, 0.25) is 0 Å². The molecule has 2 rings (SSSR count). The SMILES string of the molecule is CCc1ccc(C(Cl)c2cc(Br)c(C)s2)o1. The number of rotatable bonds is 3. The molecule has 0 aliphatic carbocycles. The second-order valence-electron chi connectivity index (χ2n) is 3.57. The van der Waals surface area contributed by atoms with E-state index < -0.39 is 0 Å². The van der Waals surface area contributed by atoms with Crippen LogP contribution < -0.4 is 0 Å². The lowest BCUT2D eigenvalue weighted by Gasteiger charge is -2.02. The van der Waals surface area contributed by atoms with Crippen molar-refractivity contribution in [3.05, 3.63) is 43.9 Å². The zero-order valence-electron chi connectivity index (χ0n) is 9.09. The Kier molecular flexibility index (Phi) is 3.77. The molecular formula is C12H12BrClOS. The van der Waals surface area contributed by atoms with Gasteiger partial charge in [-0.15, -0.1) is 22.9 Å². The lowest BCUT2D eigenvalue weighted by molar-refractivity contribution is 0.475. The normalized spacial score (nSPS) is 13.0. The smallest absolute Gasteiger partial charge is 0.127 e. The summed E-state index contributed by atoms with van der Waals surface area (Å²) in [6.45, 7) is 4.14. The van der Waals surface area contributed by atoms with Crippen molar-refractivity contribution in [2.24, 2.45) is 0 Å². The van der Waals surface area contributed by atoms with E-state index in [9.17, 15) is 0 Å². The highest BCUT2D eigenvalue weighted by molar-refractivity contribution is 9.10. The van der Waals surface area contributed by atoms with E-state index in [1.165, 1.54) is 4.88 Å². The van der Waals surface area contributed by atoms with E-state index in [1.54, 1.807) is 11.3 Å². The summed E-state index contributed by atoms with van der Waals surface area (Å²) < 4.78 is 6.77. The summed E-state index contributed by atoms with van der Waals surface area (Å²) in [5.74, 6) is 1.81. The number of hydrogen-bond donors (Lipinski definition) is 0. The van der Waals surface area contributed by atoms with Gasteiger partial charge in [0.2, 0.25) is 0 Å². The van der Waals surface area contributed by atoms with Crippen LogP contribution in [0.3, 0.4) is 0 Å². The van der Waals surface area contributed by atoms with Crippen LogP contribution in [-0.4, -0.2) is 0 Å². The molecule has 0 aromatic carbocycles. The van der Waals surface area contributed by atoms with Gasteiger partial charge in [-0.05, 0) is 41.1 Å². The van der Waals surface area contributed by atoms with Crippen LogP contribution in [-0.2, 0) is 6.42 Å². The highest BCUT2D eigenvalue weighted by atomic mass is 79.9. The lowest BCUT2D eigenvalue weighted by Crippen LogP contribution is -1.86. The predicted octanol–water partition coefficient (Wildman–Crippen LogP) is 5.30. The van der Waals surface area contributed by atoms with E-state index in [4.69, 9.17) is 16.0 Å². The Morgan fingerprint density at radius 2 is 2.25 bits per heavy atom.